The minimum absolute atomic E-state index is 0.689. The summed E-state index contributed by atoms with van der Waals surface area (Å²) in [6.07, 6.45) is 5.03. The molecule has 2 aromatic heterocycles. The number of aromatic nitrogens is 4. The summed E-state index contributed by atoms with van der Waals surface area (Å²) in [7, 11) is 1.84. The molecule has 104 valence electrons. The lowest BCUT2D eigenvalue weighted by Crippen LogP contribution is -1.98. The molecule has 1 aromatic carbocycles. The second-order valence-electron chi connectivity index (χ2n) is 4.18. The van der Waals surface area contributed by atoms with Crippen molar-refractivity contribution in [2.45, 2.75) is 10.1 Å². The largest absolute Gasteiger partial charge is 0.373 e. The van der Waals surface area contributed by atoms with Crippen LogP contribution in [0.5, 0.6) is 0 Å². The molecule has 0 radical (unpaired) electrons. The molecule has 3 rings (SSSR count). The van der Waals surface area contributed by atoms with E-state index in [0.29, 0.717) is 5.82 Å². The van der Waals surface area contributed by atoms with Crippen LogP contribution < -0.4 is 5.32 Å². The van der Waals surface area contributed by atoms with Gasteiger partial charge in [-0.25, -0.2) is 15.0 Å². The van der Waals surface area contributed by atoms with E-state index in [0.717, 1.165) is 21.4 Å². The van der Waals surface area contributed by atoms with Gasteiger partial charge in [-0.2, -0.15) is 0 Å². The first kappa shape index (κ1) is 13.5. The van der Waals surface area contributed by atoms with Crippen LogP contribution in [0.3, 0.4) is 0 Å². The summed E-state index contributed by atoms with van der Waals surface area (Å²) in [4.78, 5) is 17.4. The van der Waals surface area contributed by atoms with Gasteiger partial charge in [0.25, 0.3) is 0 Å². The molecule has 2 heterocycles. The minimum Gasteiger partial charge on any atom is -0.373 e. The first-order valence-corrected chi connectivity index (χ1v) is 7.23. The van der Waals surface area contributed by atoms with Gasteiger partial charge in [-0.15, -0.1) is 0 Å². The van der Waals surface area contributed by atoms with Gasteiger partial charge >= 0.3 is 0 Å². The van der Waals surface area contributed by atoms with Gasteiger partial charge < -0.3 is 5.32 Å². The van der Waals surface area contributed by atoms with E-state index >= 15 is 0 Å². The molecule has 0 saturated heterocycles. The number of hydrogen-bond donors (Lipinski definition) is 1. The molecule has 0 aliphatic carbocycles. The average molecular weight is 295 g/mol. The van der Waals surface area contributed by atoms with E-state index in [2.05, 4.69) is 25.3 Å². The van der Waals surface area contributed by atoms with E-state index in [9.17, 15) is 0 Å². The molecule has 6 heteroatoms. The molecular weight excluding hydrogens is 282 g/mol. The number of nitrogens with one attached hydrogen (secondary N) is 1. The van der Waals surface area contributed by atoms with Crippen LogP contribution in [0, 0.1) is 0 Å². The van der Waals surface area contributed by atoms with Gasteiger partial charge in [0, 0.05) is 31.1 Å². The lowest BCUT2D eigenvalue weighted by atomic mass is 10.2. The third kappa shape index (κ3) is 3.35. The smallest absolute Gasteiger partial charge is 0.162 e. The van der Waals surface area contributed by atoms with Crippen molar-refractivity contribution in [2.24, 2.45) is 0 Å². The van der Waals surface area contributed by atoms with E-state index in [4.69, 9.17) is 0 Å². The Morgan fingerprint density at radius 3 is 2.57 bits per heavy atom. The Hall–Kier alpha value is -2.47. The highest BCUT2D eigenvalue weighted by molar-refractivity contribution is 7.99. The van der Waals surface area contributed by atoms with Crippen LogP contribution in [0.4, 0.5) is 5.82 Å². The fourth-order valence-corrected chi connectivity index (χ4v) is 2.51. The highest BCUT2D eigenvalue weighted by Gasteiger charge is 2.08. The van der Waals surface area contributed by atoms with Gasteiger partial charge in [0.05, 0.1) is 6.20 Å². The van der Waals surface area contributed by atoms with Crippen molar-refractivity contribution in [3.05, 3.63) is 55.0 Å². The molecule has 0 spiro atoms. The predicted octanol–water partition coefficient (Wildman–Crippen LogP) is 3.13. The SMILES string of the molecule is CNc1cc(Sc2cnccn2)nc(-c2ccccc2)n1. The van der Waals surface area contributed by atoms with Crippen LogP contribution in [0.1, 0.15) is 0 Å². The quantitative estimate of drug-likeness (QED) is 0.746. The van der Waals surface area contributed by atoms with Gasteiger partial charge in [0.1, 0.15) is 15.9 Å². The fourth-order valence-electron chi connectivity index (χ4n) is 1.77. The summed E-state index contributed by atoms with van der Waals surface area (Å²) in [5.74, 6) is 1.46. The maximum Gasteiger partial charge on any atom is 0.162 e. The Morgan fingerprint density at radius 2 is 1.86 bits per heavy atom. The van der Waals surface area contributed by atoms with Crippen molar-refractivity contribution in [3.63, 3.8) is 0 Å². The maximum absolute atomic E-state index is 4.59. The van der Waals surface area contributed by atoms with Crippen molar-refractivity contribution in [1.29, 1.82) is 0 Å². The third-order valence-corrected chi connectivity index (χ3v) is 3.58. The van der Waals surface area contributed by atoms with Crippen molar-refractivity contribution >= 4 is 17.6 Å². The molecule has 0 saturated carbocycles. The highest BCUT2D eigenvalue weighted by atomic mass is 32.2. The molecule has 3 aromatic rings. The lowest BCUT2D eigenvalue weighted by molar-refractivity contribution is 1.02. The number of anilines is 1. The van der Waals surface area contributed by atoms with Crippen LogP contribution in [0.25, 0.3) is 11.4 Å². The van der Waals surface area contributed by atoms with Crippen molar-refractivity contribution in [1.82, 2.24) is 19.9 Å². The van der Waals surface area contributed by atoms with Crippen LogP contribution in [-0.4, -0.2) is 27.0 Å². The monoisotopic (exact) mass is 295 g/mol. The molecule has 21 heavy (non-hydrogen) atoms. The Kier molecular flexibility index (Phi) is 4.07. The zero-order valence-electron chi connectivity index (χ0n) is 11.4. The number of benzene rings is 1. The Balaban J connectivity index is 1.98. The molecule has 0 aliphatic heterocycles. The zero-order valence-corrected chi connectivity index (χ0v) is 12.2. The molecule has 1 N–H and O–H groups in total. The summed E-state index contributed by atoms with van der Waals surface area (Å²) >= 11 is 1.46. The lowest BCUT2D eigenvalue weighted by Gasteiger charge is -2.07. The van der Waals surface area contributed by atoms with E-state index in [1.165, 1.54) is 11.8 Å². The summed E-state index contributed by atoms with van der Waals surface area (Å²) in [5, 5.41) is 4.69. The molecular formula is C15H13N5S. The first-order chi connectivity index (χ1) is 10.3. The highest BCUT2D eigenvalue weighted by Crippen LogP contribution is 2.27. The molecule has 0 unspecified atom stereocenters. The summed E-state index contributed by atoms with van der Waals surface area (Å²) < 4.78 is 0. The van der Waals surface area contributed by atoms with Crippen molar-refractivity contribution in [3.8, 4) is 11.4 Å². The van der Waals surface area contributed by atoms with E-state index < -0.39 is 0 Å². The Bertz CT molecular complexity index is 719. The molecule has 0 amide bonds. The van der Waals surface area contributed by atoms with E-state index in [1.54, 1.807) is 18.6 Å². The standard InChI is InChI=1S/C15H13N5S/c1-16-12-9-13(21-14-10-17-7-8-18-14)20-15(19-12)11-5-3-2-4-6-11/h2-10H,1H3,(H,16,19,20). The van der Waals surface area contributed by atoms with Crippen LogP contribution >= 0.6 is 11.8 Å². The van der Waals surface area contributed by atoms with Crippen LogP contribution in [-0.2, 0) is 0 Å². The van der Waals surface area contributed by atoms with Gasteiger partial charge in [-0.3, -0.25) is 4.98 Å². The van der Waals surface area contributed by atoms with Crippen molar-refractivity contribution in [2.75, 3.05) is 12.4 Å². The van der Waals surface area contributed by atoms with Crippen molar-refractivity contribution < 1.29 is 0 Å². The number of nitrogens with zero attached hydrogens (tertiary/aromatic N) is 4. The Morgan fingerprint density at radius 1 is 1.00 bits per heavy atom. The number of rotatable bonds is 4. The van der Waals surface area contributed by atoms with Gasteiger partial charge in [0.2, 0.25) is 0 Å². The Labute approximate surface area is 126 Å². The molecule has 0 atom stereocenters. The summed E-state index contributed by atoms with van der Waals surface area (Å²) in [6, 6.07) is 11.8. The van der Waals surface area contributed by atoms with E-state index in [1.807, 2.05) is 43.4 Å². The molecule has 0 bridgehead atoms. The van der Waals surface area contributed by atoms with E-state index in [-0.39, 0.29) is 0 Å². The number of hydrogen-bond acceptors (Lipinski definition) is 6. The molecule has 5 nitrogen and oxygen atoms in total. The molecule has 0 fully saturated rings. The first-order valence-electron chi connectivity index (χ1n) is 6.41. The van der Waals surface area contributed by atoms with Crippen LogP contribution in [0.2, 0.25) is 0 Å². The fraction of sp³-hybridized carbons (Fsp3) is 0.0667. The topological polar surface area (TPSA) is 63.6 Å². The van der Waals surface area contributed by atoms with Crippen LogP contribution in [0.15, 0.2) is 65.0 Å². The van der Waals surface area contributed by atoms with Gasteiger partial charge in [-0.1, -0.05) is 30.3 Å². The maximum atomic E-state index is 4.59. The summed E-state index contributed by atoms with van der Waals surface area (Å²) in [6.45, 7) is 0. The average Bonchev–Trinajstić information content (AvgIpc) is 2.56. The molecule has 0 aliphatic rings. The second kappa shape index (κ2) is 6.32. The van der Waals surface area contributed by atoms with Gasteiger partial charge in [0.15, 0.2) is 5.82 Å². The predicted molar refractivity (Wildman–Crippen MR) is 83.2 cm³/mol. The second-order valence-corrected chi connectivity index (χ2v) is 5.22. The third-order valence-electron chi connectivity index (χ3n) is 2.74. The minimum atomic E-state index is 0.689. The van der Waals surface area contributed by atoms with Gasteiger partial charge in [-0.05, 0) is 11.8 Å². The summed E-state index contributed by atoms with van der Waals surface area (Å²) in [5.41, 5.74) is 0.982. The zero-order chi connectivity index (χ0) is 14.5. The normalized spacial score (nSPS) is 10.3.